The molecule has 0 heterocycles. The minimum Gasteiger partial charge on any atom is -0.282 e. The van der Waals surface area contributed by atoms with Gasteiger partial charge in [-0.05, 0) is 34.7 Å². The molecule has 1 aromatic carbocycles. The van der Waals surface area contributed by atoms with Crippen molar-refractivity contribution in [2.45, 2.75) is 0 Å². The van der Waals surface area contributed by atoms with E-state index in [-0.39, 0.29) is 3.79 Å². The quantitative estimate of drug-likeness (QED) is 0.558. The van der Waals surface area contributed by atoms with Gasteiger partial charge < -0.3 is 0 Å². The molecule has 0 fully saturated rings. The Morgan fingerprint density at radius 3 is 2.30 bits per heavy atom. The molecular weight excluding hydrogens is 354 g/mol. The van der Waals surface area contributed by atoms with Gasteiger partial charge in [0.15, 0.2) is 0 Å². The maximum absolute atomic E-state index is 10.8. The van der Waals surface area contributed by atoms with Crippen LogP contribution in [0.15, 0.2) is 24.3 Å². The molecule has 0 aliphatic carbocycles. The summed E-state index contributed by atoms with van der Waals surface area (Å²) in [6.07, 6.45) is 0. The van der Waals surface area contributed by atoms with Crippen LogP contribution in [0.2, 0.25) is 0 Å². The first kappa shape index (κ1) is 8.45. The first-order valence-electron chi connectivity index (χ1n) is 2.66. The Bertz CT molecular complexity index is 258. The molecule has 0 aliphatic rings. The van der Waals surface area contributed by atoms with Crippen molar-refractivity contribution >= 4 is 49.0 Å². The molecule has 3 heteroatoms. The van der Waals surface area contributed by atoms with Crippen LogP contribution in [0.3, 0.4) is 0 Å². The third-order valence-electron chi connectivity index (χ3n) is 1.09. The second-order valence-electron chi connectivity index (χ2n) is 1.75. The average Bonchev–Trinajstić information content (AvgIpc) is 1.88. The Hall–Kier alpha value is 0.350. The van der Waals surface area contributed by atoms with E-state index in [1.165, 1.54) is 0 Å². The lowest BCUT2D eigenvalue weighted by Gasteiger charge is -1.94. The molecule has 0 amide bonds. The summed E-state index contributed by atoms with van der Waals surface area (Å²) in [5.74, 6) is 0. The zero-order valence-electron chi connectivity index (χ0n) is 4.97. The van der Waals surface area contributed by atoms with Crippen LogP contribution >= 0.6 is 45.2 Å². The highest BCUT2D eigenvalue weighted by Gasteiger charge is 2.02. The van der Waals surface area contributed by atoms with Gasteiger partial charge in [-0.2, -0.15) is 0 Å². The molecule has 0 saturated carbocycles. The Labute approximate surface area is 86.5 Å². The topological polar surface area (TPSA) is 17.1 Å². The molecule has 0 aliphatic heterocycles. The van der Waals surface area contributed by atoms with E-state index in [0.29, 0.717) is 0 Å². The van der Waals surface area contributed by atoms with Gasteiger partial charge in [0, 0.05) is 31.7 Å². The van der Waals surface area contributed by atoms with Crippen LogP contribution in [-0.2, 0) is 0 Å². The smallest absolute Gasteiger partial charge is 0.223 e. The van der Waals surface area contributed by atoms with Crippen molar-refractivity contribution in [2.75, 3.05) is 0 Å². The highest BCUT2D eigenvalue weighted by atomic mass is 127. The SMILES string of the molecule is O=C(I)c1ccccc1I. The predicted octanol–water partition coefficient (Wildman–Crippen LogP) is 2.87. The van der Waals surface area contributed by atoms with Crippen LogP contribution in [0.1, 0.15) is 10.4 Å². The Balaban J connectivity index is 3.15. The molecule has 0 spiro atoms. The maximum Gasteiger partial charge on any atom is 0.223 e. The summed E-state index contributed by atoms with van der Waals surface area (Å²) in [5, 5.41) is 0. The van der Waals surface area contributed by atoms with Crippen molar-refractivity contribution in [3.8, 4) is 0 Å². The number of rotatable bonds is 1. The monoisotopic (exact) mass is 358 g/mol. The van der Waals surface area contributed by atoms with Gasteiger partial charge in [0.2, 0.25) is 3.79 Å². The van der Waals surface area contributed by atoms with E-state index in [9.17, 15) is 4.79 Å². The highest BCUT2D eigenvalue weighted by molar-refractivity contribution is 14.1. The molecule has 0 bridgehead atoms. The Morgan fingerprint density at radius 2 is 1.90 bits per heavy atom. The molecule has 1 nitrogen and oxygen atoms in total. The van der Waals surface area contributed by atoms with Crippen LogP contribution < -0.4 is 0 Å². The number of hydrogen-bond donors (Lipinski definition) is 0. The third-order valence-corrected chi connectivity index (χ3v) is 2.61. The summed E-state index contributed by atoms with van der Waals surface area (Å²) in [6.45, 7) is 0. The van der Waals surface area contributed by atoms with Gasteiger partial charge in [-0.1, -0.05) is 12.1 Å². The zero-order chi connectivity index (χ0) is 7.56. The fourth-order valence-electron chi connectivity index (χ4n) is 0.621. The summed E-state index contributed by atoms with van der Waals surface area (Å²) in [4.78, 5) is 10.8. The average molecular weight is 358 g/mol. The third kappa shape index (κ3) is 1.91. The van der Waals surface area contributed by atoms with E-state index in [0.717, 1.165) is 9.13 Å². The summed E-state index contributed by atoms with van der Waals surface area (Å²) in [6, 6.07) is 7.54. The fourth-order valence-corrected chi connectivity index (χ4v) is 2.24. The minimum atomic E-state index is 0.0996. The second-order valence-corrected chi connectivity index (χ2v) is 3.90. The molecule has 0 radical (unpaired) electrons. The van der Waals surface area contributed by atoms with Crippen molar-refractivity contribution in [1.82, 2.24) is 0 Å². The van der Waals surface area contributed by atoms with E-state index in [1.807, 2.05) is 24.3 Å². The van der Waals surface area contributed by atoms with Gasteiger partial charge in [0.1, 0.15) is 0 Å². The normalized spacial score (nSPS) is 9.40. The molecule has 10 heavy (non-hydrogen) atoms. The zero-order valence-corrected chi connectivity index (χ0v) is 9.29. The molecular formula is C7H4I2O. The number of halogens is 2. The van der Waals surface area contributed by atoms with Crippen molar-refractivity contribution in [3.63, 3.8) is 0 Å². The number of carbonyl (C=O) groups is 1. The minimum absolute atomic E-state index is 0.0996. The Kier molecular flexibility index (Phi) is 3.09. The Morgan fingerprint density at radius 1 is 1.30 bits per heavy atom. The number of hydrogen-bond acceptors (Lipinski definition) is 1. The number of carbonyl (C=O) groups excluding carboxylic acids is 1. The molecule has 0 unspecified atom stereocenters. The van der Waals surface area contributed by atoms with Gasteiger partial charge in [-0.15, -0.1) is 0 Å². The molecule has 1 aromatic rings. The van der Waals surface area contributed by atoms with Crippen LogP contribution in [0, 0.1) is 3.57 Å². The van der Waals surface area contributed by atoms with E-state index in [4.69, 9.17) is 0 Å². The molecule has 0 atom stereocenters. The molecule has 0 aromatic heterocycles. The van der Waals surface area contributed by atoms with E-state index in [2.05, 4.69) is 22.6 Å². The summed E-state index contributed by atoms with van der Waals surface area (Å²) in [5.41, 5.74) is 0.795. The standard InChI is InChI=1S/C7H4I2O/c8-6-4-2-1-3-5(6)7(9)10/h1-4H. The van der Waals surface area contributed by atoms with Crippen molar-refractivity contribution < 1.29 is 4.79 Å². The van der Waals surface area contributed by atoms with Crippen molar-refractivity contribution in [1.29, 1.82) is 0 Å². The van der Waals surface area contributed by atoms with E-state index < -0.39 is 0 Å². The van der Waals surface area contributed by atoms with E-state index in [1.54, 1.807) is 22.6 Å². The van der Waals surface area contributed by atoms with Gasteiger partial charge in [0.25, 0.3) is 0 Å². The lowest BCUT2D eigenvalue weighted by Crippen LogP contribution is -1.90. The highest BCUT2D eigenvalue weighted by Crippen LogP contribution is 2.14. The second kappa shape index (κ2) is 3.66. The van der Waals surface area contributed by atoms with Crippen LogP contribution in [0.5, 0.6) is 0 Å². The summed E-state index contributed by atoms with van der Waals surface area (Å²) >= 11 is 3.94. The maximum atomic E-state index is 10.8. The largest absolute Gasteiger partial charge is 0.282 e. The van der Waals surface area contributed by atoms with Crippen LogP contribution in [-0.4, -0.2) is 3.79 Å². The summed E-state index contributed by atoms with van der Waals surface area (Å²) in [7, 11) is 0. The van der Waals surface area contributed by atoms with Gasteiger partial charge in [0.05, 0.1) is 0 Å². The number of benzene rings is 1. The lowest BCUT2D eigenvalue weighted by molar-refractivity contribution is 0.110. The molecule has 52 valence electrons. The van der Waals surface area contributed by atoms with Gasteiger partial charge >= 0.3 is 0 Å². The van der Waals surface area contributed by atoms with Gasteiger partial charge in [-0.3, -0.25) is 4.79 Å². The lowest BCUT2D eigenvalue weighted by atomic mass is 10.2. The summed E-state index contributed by atoms with van der Waals surface area (Å²) < 4.78 is 1.11. The van der Waals surface area contributed by atoms with Crippen LogP contribution in [0.4, 0.5) is 0 Å². The van der Waals surface area contributed by atoms with Crippen molar-refractivity contribution in [3.05, 3.63) is 33.4 Å². The van der Waals surface area contributed by atoms with Gasteiger partial charge in [-0.25, -0.2) is 0 Å². The van der Waals surface area contributed by atoms with Crippen molar-refractivity contribution in [2.24, 2.45) is 0 Å². The van der Waals surface area contributed by atoms with Crippen LogP contribution in [0.25, 0.3) is 0 Å². The molecule has 0 N–H and O–H groups in total. The first-order chi connectivity index (χ1) is 4.72. The predicted molar refractivity (Wildman–Crippen MR) is 57.5 cm³/mol. The van der Waals surface area contributed by atoms with E-state index >= 15 is 0 Å². The first-order valence-corrected chi connectivity index (χ1v) is 4.82. The molecule has 1 rings (SSSR count). The fraction of sp³-hybridized carbons (Fsp3) is 0. The molecule has 0 saturated heterocycles.